The van der Waals surface area contributed by atoms with Gasteiger partial charge in [0.2, 0.25) is 11.8 Å². The van der Waals surface area contributed by atoms with Gasteiger partial charge in [0.1, 0.15) is 0 Å². The lowest BCUT2D eigenvalue weighted by molar-refractivity contribution is -0.146. The van der Waals surface area contributed by atoms with Gasteiger partial charge in [0, 0.05) is 25.7 Å². The van der Waals surface area contributed by atoms with Gasteiger partial charge < -0.3 is 20.2 Å². The molecule has 2 heterocycles. The zero-order chi connectivity index (χ0) is 12.7. The number of hydrogen-bond acceptors (Lipinski definition) is 4. The summed E-state index contributed by atoms with van der Waals surface area (Å²) in [4.78, 5) is 27.6. The van der Waals surface area contributed by atoms with Crippen molar-refractivity contribution in [1.82, 2.24) is 15.1 Å². The Hall–Kier alpha value is -0.850. The molecule has 2 atom stereocenters. The Morgan fingerprint density at radius 3 is 2.58 bits per heavy atom. The fourth-order valence-corrected chi connectivity index (χ4v) is 2.77. The van der Waals surface area contributed by atoms with Crippen molar-refractivity contribution in [2.45, 2.75) is 37.5 Å². The van der Waals surface area contributed by atoms with Crippen LogP contribution in [0.2, 0.25) is 0 Å². The fraction of sp³-hybridized carbons (Fsp3) is 0.833. The molecule has 0 aromatic carbocycles. The second kappa shape index (κ2) is 5.64. The lowest BCUT2D eigenvalue weighted by Crippen LogP contribution is -2.56. The smallest absolute Gasteiger partial charge is 0.242 e. The number of amides is 2. The third-order valence-electron chi connectivity index (χ3n) is 3.96. The van der Waals surface area contributed by atoms with Gasteiger partial charge in [-0.05, 0) is 19.3 Å². The van der Waals surface area contributed by atoms with Crippen molar-refractivity contribution in [3.8, 4) is 0 Å². The SMILES string of the molecule is Cl.O=C([C@H]1C[C@@H](O)CN1)N1CCN(C2CC2)C(=O)C1. The molecule has 0 spiro atoms. The van der Waals surface area contributed by atoms with Gasteiger partial charge in [-0.2, -0.15) is 0 Å². The molecule has 0 bridgehead atoms. The lowest BCUT2D eigenvalue weighted by Gasteiger charge is -2.35. The molecule has 3 rings (SSSR count). The van der Waals surface area contributed by atoms with Crippen LogP contribution in [-0.2, 0) is 9.59 Å². The maximum Gasteiger partial charge on any atom is 0.242 e. The molecule has 2 saturated heterocycles. The number of aliphatic hydroxyl groups is 1. The minimum atomic E-state index is -0.442. The molecule has 0 aromatic rings. The average molecular weight is 290 g/mol. The maximum atomic E-state index is 12.2. The van der Waals surface area contributed by atoms with Crippen LogP contribution in [0.25, 0.3) is 0 Å². The summed E-state index contributed by atoms with van der Waals surface area (Å²) in [5.74, 6) is 0.0194. The summed E-state index contributed by atoms with van der Waals surface area (Å²) >= 11 is 0. The number of halogens is 1. The summed E-state index contributed by atoms with van der Waals surface area (Å²) in [5.41, 5.74) is 0. The van der Waals surface area contributed by atoms with Gasteiger partial charge in [0.15, 0.2) is 0 Å². The van der Waals surface area contributed by atoms with Gasteiger partial charge in [-0.3, -0.25) is 9.59 Å². The first-order chi connectivity index (χ1) is 8.65. The third-order valence-corrected chi connectivity index (χ3v) is 3.96. The molecule has 2 N–H and O–H groups in total. The van der Waals surface area contributed by atoms with Crippen LogP contribution in [0.5, 0.6) is 0 Å². The number of hydrogen-bond donors (Lipinski definition) is 2. The van der Waals surface area contributed by atoms with Gasteiger partial charge in [-0.15, -0.1) is 12.4 Å². The van der Waals surface area contributed by atoms with E-state index in [1.54, 1.807) is 4.90 Å². The van der Waals surface area contributed by atoms with Gasteiger partial charge in [-0.25, -0.2) is 0 Å². The van der Waals surface area contributed by atoms with Crippen LogP contribution in [0.1, 0.15) is 19.3 Å². The standard InChI is InChI=1S/C12H19N3O3.ClH/c16-9-5-10(13-6-9)12(18)14-3-4-15(8-1-2-8)11(17)7-14;/h8-10,13,16H,1-7H2;1H/t9-,10-;/m1./s1. The van der Waals surface area contributed by atoms with Gasteiger partial charge >= 0.3 is 0 Å². The van der Waals surface area contributed by atoms with Crippen LogP contribution < -0.4 is 5.32 Å². The van der Waals surface area contributed by atoms with E-state index in [1.807, 2.05) is 4.90 Å². The van der Waals surface area contributed by atoms with Crippen LogP contribution in [0.15, 0.2) is 0 Å². The average Bonchev–Trinajstić information content (AvgIpc) is 3.10. The molecular formula is C12H20ClN3O3. The zero-order valence-electron chi connectivity index (χ0n) is 10.7. The molecule has 0 unspecified atom stereocenters. The topological polar surface area (TPSA) is 72.9 Å². The molecule has 3 fully saturated rings. The first-order valence-corrected chi connectivity index (χ1v) is 6.65. The minimum Gasteiger partial charge on any atom is -0.392 e. The molecule has 3 aliphatic rings. The molecule has 0 aromatic heterocycles. The van der Waals surface area contributed by atoms with E-state index < -0.39 is 6.10 Å². The second-order valence-corrected chi connectivity index (χ2v) is 5.43. The highest BCUT2D eigenvalue weighted by molar-refractivity contribution is 5.89. The molecule has 0 radical (unpaired) electrons. The predicted octanol–water partition coefficient (Wildman–Crippen LogP) is -1.04. The number of β-amino-alcohol motifs (C(OH)–C–C–N with tert-alkyl or cyclic N) is 1. The zero-order valence-corrected chi connectivity index (χ0v) is 11.6. The van der Waals surface area contributed by atoms with Crippen molar-refractivity contribution in [2.75, 3.05) is 26.2 Å². The van der Waals surface area contributed by atoms with E-state index in [4.69, 9.17) is 0 Å². The summed E-state index contributed by atoms with van der Waals surface area (Å²) in [6, 6.07) is 0.112. The normalized spacial score (nSPS) is 31.3. The molecule has 6 nitrogen and oxygen atoms in total. The number of piperazine rings is 1. The van der Waals surface area contributed by atoms with Gasteiger partial charge in [-0.1, -0.05) is 0 Å². The highest BCUT2D eigenvalue weighted by atomic mass is 35.5. The van der Waals surface area contributed by atoms with E-state index in [0.717, 1.165) is 12.8 Å². The Balaban J connectivity index is 0.00000133. The molecule has 19 heavy (non-hydrogen) atoms. The first kappa shape index (κ1) is 14.6. The molecule has 2 amide bonds. The quantitative estimate of drug-likeness (QED) is 0.681. The molecule has 1 saturated carbocycles. The fourth-order valence-electron chi connectivity index (χ4n) is 2.77. The van der Waals surface area contributed by atoms with Crippen LogP contribution in [0, 0.1) is 0 Å². The maximum absolute atomic E-state index is 12.2. The largest absolute Gasteiger partial charge is 0.392 e. The number of nitrogens with one attached hydrogen (secondary N) is 1. The molecule has 108 valence electrons. The van der Waals surface area contributed by atoms with Crippen molar-refractivity contribution in [3.05, 3.63) is 0 Å². The number of rotatable bonds is 2. The Labute approximate surface area is 118 Å². The summed E-state index contributed by atoms with van der Waals surface area (Å²) in [5, 5.41) is 12.4. The van der Waals surface area contributed by atoms with Crippen molar-refractivity contribution >= 4 is 24.2 Å². The van der Waals surface area contributed by atoms with E-state index >= 15 is 0 Å². The Kier molecular flexibility index (Phi) is 4.32. The van der Waals surface area contributed by atoms with E-state index in [9.17, 15) is 14.7 Å². The van der Waals surface area contributed by atoms with E-state index in [0.29, 0.717) is 32.1 Å². The number of aliphatic hydroxyl groups excluding tert-OH is 1. The number of carbonyl (C=O) groups excluding carboxylic acids is 2. The van der Waals surface area contributed by atoms with Crippen molar-refractivity contribution in [1.29, 1.82) is 0 Å². The number of carbonyl (C=O) groups is 2. The first-order valence-electron chi connectivity index (χ1n) is 6.65. The monoisotopic (exact) mass is 289 g/mol. The minimum absolute atomic E-state index is 0. The van der Waals surface area contributed by atoms with Crippen LogP contribution >= 0.6 is 12.4 Å². The predicted molar refractivity (Wildman–Crippen MR) is 71.0 cm³/mol. The molecule has 7 heteroatoms. The van der Waals surface area contributed by atoms with E-state index in [1.165, 1.54) is 0 Å². The Morgan fingerprint density at radius 1 is 1.32 bits per heavy atom. The van der Waals surface area contributed by atoms with E-state index in [2.05, 4.69) is 5.32 Å². The van der Waals surface area contributed by atoms with E-state index in [-0.39, 0.29) is 36.8 Å². The van der Waals surface area contributed by atoms with Gasteiger partial charge in [0.25, 0.3) is 0 Å². The highest BCUT2D eigenvalue weighted by Crippen LogP contribution is 2.28. The van der Waals surface area contributed by atoms with Gasteiger partial charge in [0.05, 0.1) is 18.7 Å². The van der Waals surface area contributed by atoms with Crippen LogP contribution in [0.3, 0.4) is 0 Å². The third kappa shape index (κ3) is 3.01. The summed E-state index contributed by atoms with van der Waals surface area (Å²) < 4.78 is 0. The molecular weight excluding hydrogens is 270 g/mol. The highest BCUT2D eigenvalue weighted by Gasteiger charge is 2.39. The van der Waals surface area contributed by atoms with Crippen molar-refractivity contribution in [3.63, 3.8) is 0 Å². The summed E-state index contributed by atoms with van der Waals surface area (Å²) in [7, 11) is 0. The second-order valence-electron chi connectivity index (χ2n) is 5.43. The van der Waals surface area contributed by atoms with Crippen LogP contribution in [0.4, 0.5) is 0 Å². The Bertz CT molecular complexity index is 375. The van der Waals surface area contributed by atoms with Crippen molar-refractivity contribution in [2.24, 2.45) is 0 Å². The Morgan fingerprint density at radius 2 is 2.05 bits per heavy atom. The van der Waals surface area contributed by atoms with Crippen molar-refractivity contribution < 1.29 is 14.7 Å². The summed E-state index contributed by atoms with van der Waals surface area (Å²) in [6.45, 7) is 1.94. The summed E-state index contributed by atoms with van der Waals surface area (Å²) in [6.07, 6.45) is 2.23. The molecule has 2 aliphatic heterocycles. The lowest BCUT2D eigenvalue weighted by atomic mass is 10.1. The molecule has 1 aliphatic carbocycles. The number of nitrogens with zero attached hydrogens (tertiary/aromatic N) is 2. The van der Waals surface area contributed by atoms with Crippen LogP contribution in [-0.4, -0.2) is 71.1 Å².